The molecule has 0 aliphatic carbocycles. The summed E-state index contributed by atoms with van der Waals surface area (Å²) in [6.07, 6.45) is 1.24. The van der Waals surface area contributed by atoms with Crippen molar-refractivity contribution in [1.29, 1.82) is 0 Å². The number of halogens is 2. The molecule has 22 heavy (non-hydrogen) atoms. The summed E-state index contributed by atoms with van der Waals surface area (Å²) in [5.74, 6) is -1.31. The molecule has 0 aliphatic heterocycles. The fourth-order valence-electron chi connectivity index (χ4n) is 1.87. The first-order valence-corrected chi connectivity index (χ1v) is 6.99. The van der Waals surface area contributed by atoms with Crippen LogP contribution in [0, 0.1) is 25.5 Å². The highest BCUT2D eigenvalue weighted by Gasteiger charge is 2.02. The van der Waals surface area contributed by atoms with Crippen molar-refractivity contribution in [3.63, 3.8) is 0 Å². The van der Waals surface area contributed by atoms with Gasteiger partial charge in [0.25, 0.3) is 0 Å². The Labute approximate surface area is 133 Å². The van der Waals surface area contributed by atoms with Crippen LogP contribution in [0.25, 0.3) is 0 Å². The number of anilines is 1. The van der Waals surface area contributed by atoms with E-state index in [2.05, 4.69) is 15.8 Å². The number of nitrogens with one attached hydrogen (secondary N) is 2. The second kappa shape index (κ2) is 7.09. The summed E-state index contributed by atoms with van der Waals surface area (Å²) in [4.78, 5) is 0. The Morgan fingerprint density at radius 2 is 1.91 bits per heavy atom. The number of benzene rings is 2. The van der Waals surface area contributed by atoms with Gasteiger partial charge < -0.3 is 5.32 Å². The van der Waals surface area contributed by atoms with Crippen molar-refractivity contribution >= 4 is 29.2 Å². The standard InChI is InChI=1S/C16H15F2N3S/c1-10-3-6-15(11(2)7-10)20-16(22)21-19-9-12-4-5-13(17)8-14(12)18/h3-9H,1-2H3,(H2,20,21,22). The van der Waals surface area contributed by atoms with E-state index in [0.717, 1.165) is 28.9 Å². The smallest absolute Gasteiger partial charge is 0.191 e. The van der Waals surface area contributed by atoms with Gasteiger partial charge in [0.05, 0.1) is 6.21 Å². The second-order valence-corrected chi connectivity index (χ2v) is 5.22. The molecule has 0 saturated heterocycles. The van der Waals surface area contributed by atoms with E-state index >= 15 is 0 Å². The summed E-state index contributed by atoms with van der Waals surface area (Å²) < 4.78 is 26.2. The van der Waals surface area contributed by atoms with E-state index in [1.54, 1.807) is 0 Å². The molecule has 2 rings (SSSR count). The van der Waals surface area contributed by atoms with E-state index in [4.69, 9.17) is 12.2 Å². The largest absolute Gasteiger partial charge is 0.331 e. The Bertz CT molecular complexity index is 729. The van der Waals surface area contributed by atoms with Gasteiger partial charge in [0.1, 0.15) is 11.6 Å². The third-order valence-corrected chi connectivity index (χ3v) is 3.16. The molecule has 114 valence electrons. The lowest BCUT2D eigenvalue weighted by Gasteiger charge is -2.10. The highest BCUT2D eigenvalue weighted by atomic mass is 32.1. The first kappa shape index (κ1) is 16.0. The molecule has 2 aromatic carbocycles. The van der Waals surface area contributed by atoms with Gasteiger partial charge in [0.2, 0.25) is 0 Å². The summed E-state index contributed by atoms with van der Waals surface area (Å²) in [6.45, 7) is 3.98. The number of hydrazone groups is 1. The second-order valence-electron chi connectivity index (χ2n) is 4.81. The minimum atomic E-state index is -0.682. The number of thiocarbonyl (C=S) groups is 1. The SMILES string of the molecule is Cc1ccc(NC(=S)NN=Cc2ccc(F)cc2F)c(C)c1. The molecule has 2 aromatic rings. The molecule has 0 spiro atoms. The minimum Gasteiger partial charge on any atom is -0.331 e. The molecule has 6 heteroatoms. The zero-order valence-electron chi connectivity index (χ0n) is 12.2. The first-order valence-electron chi connectivity index (χ1n) is 6.58. The number of aryl methyl sites for hydroxylation is 2. The molecule has 0 heterocycles. The topological polar surface area (TPSA) is 36.4 Å². The van der Waals surface area contributed by atoms with Gasteiger partial charge in [-0.05, 0) is 49.8 Å². The molecule has 0 amide bonds. The predicted molar refractivity (Wildman–Crippen MR) is 89.2 cm³/mol. The maximum Gasteiger partial charge on any atom is 0.191 e. The predicted octanol–water partition coefficient (Wildman–Crippen LogP) is 3.90. The lowest BCUT2D eigenvalue weighted by Crippen LogP contribution is -2.24. The van der Waals surface area contributed by atoms with E-state index in [0.29, 0.717) is 0 Å². The molecule has 0 radical (unpaired) electrons. The van der Waals surface area contributed by atoms with E-state index < -0.39 is 11.6 Å². The van der Waals surface area contributed by atoms with Crippen LogP contribution in [0.5, 0.6) is 0 Å². The molecule has 0 atom stereocenters. The Morgan fingerprint density at radius 3 is 2.59 bits per heavy atom. The van der Waals surface area contributed by atoms with Gasteiger partial charge in [-0.1, -0.05) is 17.7 Å². The van der Waals surface area contributed by atoms with Crippen molar-refractivity contribution in [3.8, 4) is 0 Å². The third kappa shape index (κ3) is 4.33. The fraction of sp³-hybridized carbons (Fsp3) is 0.125. The zero-order valence-corrected chi connectivity index (χ0v) is 13.0. The number of rotatable bonds is 3. The van der Waals surface area contributed by atoms with E-state index in [-0.39, 0.29) is 10.7 Å². The van der Waals surface area contributed by atoms with Crippen LogP contribution in [0.3, 0.4) is 0 Å². The highest BCUT2D eigenvalue weighted by Crippen LogP contribution is 2.15. The highest BCUT2D eigenvalue weighted by molar-refractivity contribution is 7.80. The van der Waals surface area contributed by atoms with Gasteiger partial charge >= 0.3 is 0 Å². The Hall–Kier alpha value is -2.34. The summed E-state index contributed by atoms with van der Waals surface area (Å²) in [6, 6.07) is 9.18. The first-order chi connectivity index (χ1) is 10.5. The average molecular weight is 319 g/mol. The maximum atomic E-state index is 13.4. The van der Waals surface area contributed by atoms with Crippen LogP contribution >= 0.6 is 12.2 Å². The van der Waals surface area contributed by atoms with Gasteiger partial charge in [-0.3, -0.25) is 5.43 Å². The van der Waals surface area contributed by atoms with Gasteiger partial charge in [-0.2, -0.15) is 5.10 Å². The van der Waals surface area contributed by atoms with Crippen LogP contribution in [0.4, 0.5) is 14.5 Å². The number of hydrogen-bond donors (Lipinski definition) is 2. The molecular weight excluding hydrogens is 304 g/mol. The monoisotopic (exact) mass is 319 g/mol. The van der Waals surface area contributed by atoms with Crippen molar-refractivity contribution < 1.29 is 8.78 Å². The summed E-state index contributed by atoms with van der Waals surface area (Å²) in [7, 11) is 0. The minimum absolute atomic E-state index is 0.170. The molecule has 3 nitrogen and oxygen atoms in total. The van der Waals surface area contributed by atoms with Gasteiger partial charge in [0, 0.05) is 17.3 Å². The van der Waals surface area contributed by atoms with Crippen molar-refractivity contribution in [2.24, 2.45) is 5.10 Å². The Balaban J connectivity index is 1.96. The summed E-state index contributed by atoms with van der Waals surface area (Å²) in [5, 5.41) is 7.12. The van der Waals surface area contributed by atoms with Gasteiger partial charge in [-0.25, -0.2) is 8.78 Å². The molecule has 0 saturated carbocycles. The molecule has 2 N–H and O–H groups in total. The van der Waals surface area contributed by atoms with Gasteiger partial charge in [-0.15, -0.1) is 0 Å². The third-order valence-electron chi connectivity index (χ3n) is 2.96. The molecule has 0 fully saturated rings. The lowest BCUT2D eigenvalue weighted by atomic mass is 10.1. The van der Waals surface area contributed by atoms with Crippen LogP contribution in [0.2, 0.25) is 0 Å². The van der Waals surface area contributed by atoms with E-state index in [9.17, 15) is 8.78 Å². The lowest BCUT2D eigenvalue weighted by molar-refractivity contribution is 0.582. The Morgan fingerprint density at radius 1 is 1.14 bits per heavy atom. The van der Waals surface area contributed by atoms with E-state index in [1.165, 1.54) is 12.3 Å². The summed E-state index contributed by atoms with van der Waals surface area (Å²) >= 11 is 5.11. The normalized spacial score (nSPS) is 10.7. The van der Waals surface area contributed by atoms with Crippen LogP contribution in [-0.4, -0.2) is 11.3 Å². The molecule has 0 aromatic heterocycles. The number of nitrogens with zero attached hydrogens (tertiary/aromatic N) is 1. The Kier molecular flexibility index (Phi) is 5.16. The van der Waals surface area contributed by atoms with Crippen LogP contribution < -0.4 is 10.7 Å². The van der Waals surface area contributed by atoms with E-state index in [1.807, 2.05) is 32.0 Å². The molecular formula is C16H15F2N3S. The maximum absolute atomic E-state index is 13.4. The summed E-state index contributed by atoms with van der Waals surface area (Å²) in [5.41, 5.74) is 5.84. The van der Waals surface area contributed by atoms with Crippen molar-refractivity contribution in [2.45, 2.75) is 13.8 Å². The molecule has 0 unspecified atom stereocenters. The average Bonchev–Trinajstić information content (AvgIpc) is 2.44. The van der Waals surface area contributed by atoms with Crippen molar-refractivity contribution in [1.82, 2.24) is 5.43 Å². The fourth-order valence-corrected chi connectivity index (χ4v) is 2.03. The zero-order chi connectivity index (χ0) is 16.1. The molecule has 0 aliphatic rings. The van der Waals surface area contributed by atoms with Gasteiger partial charge in [0.15, 0.2) is 5.11 Å². The van der Waals surface area contributed by atoms with Crippen molar-refractivity contribution in [2.75, 3.05) is 5.32 Å². The van der Waals surface area contributed by atoms with Crippen LogP contribution in [0.1, 0.15) is 16.7 Å². The van der Waals surface area contributed by atoms with Crippen LogP contribution in [0.15, 0.2) is 41.5 Å². The quantitative estimate of drug-likeness (QED) is 0.512. The molecule has 0 bridgehead atoms. The van der Waals surface area contributed by atoms with Crippen molar-refractivity contribution in [3.05, 3.63) is 64.7 Å². The van der Waals surface area contributed by atoms with Crippen LogP contribution in [-0.2, 0) is 0 Å². The number of hydrogen-bond acceptors (Lipinski definition) is 2.